The molecule has 0 aromatic heterocycles. The van der Waals surface area contributed by atoms with Gasteiger partial charge in [0.15, 0.2) is 0 Å². The summed E-state index contributed by atoms with van der Waals surface area (Å²) in [4.78, 5) is 24.6. The minimum atomic E-state index is -3.83. The first-order chi connectivity index (χ1) is 16.8. The van der Waals surface area contributed by atoms with E-state index in [9.17, 15) is 18.0 Å². The second-order valence-corrected chi connectivity index (χ2v) is 9.64. The van der Waals surface area contributed by atoms with Gasteiger partial charge in [0.25, 0.3) is 5.91 Å². The minimum Gasteiger partial charge on any atom is -0.494 e. The van der Waals surface area contributed by atoms with E-state index in [1.165, 1.54) is 18.3 Å². The summed E-state index contributed by atoms with van der Waals surface area (Å²) in [6.07, 6.45) is 1.29. The molecule has 3 rings (SSSR count). The van der Waals surface area contributed by atoms with Crippen molar-refractivity contribution in [3.63, 3.8) is 0 Å². The van der Waals surface area contributed by atoms with E-state index in [1.54, 1.807) is 60.7 Å². The molecule has 9 nitrogen and oxygen atoms in total. The first-order valence-corrected chi connectivity index (χ1v) is 12.7. The number of ether oxygens (including phenoxy) is 2. The summed E-state index contributed by atoms with van der Waals surface area (Å²) in [6.45, 7) is 1.87. The number of nitrogens with one attached hydrogen (secondary N) is 2. The number of hydrogen-bond donors (Lipinski definition) is 2. The van der Waals surface area contributed by atoms with Crippen molar-refractivity contribution in [2.45, 2.75) is 11.8 Å². The minimum absolute atomic E-state index is 0.0458. The summed E-state index contributed by atoms with van der Waals surface area (Å²) < 4.78 is 38.1. The van der Waals surface area contributed by atoms with Gasteiger partial charge in [0, 0.05) is 10.0 Å². The normalized spacial score (nSPS) is 11.3. The zero-order valence-corrected chi connectivity index (χ0v) is 21.0. The van der Waals surface area contributed by atoms with Crippen LogP contribution in [0.4, 0.5) is 0 Å². The highest BCUT2D eigenvalue weighted by Crippen LogP contribution is 2.23. The molecule has 0 unspecified atom stereocenters. The Kier molecular flexibility index (Phi) is 9.12. The molecular weight excluding hydrogens is 538 g/mol. The fourth-order valence-corrected chi connectivity index (χ4v) is 4.16. The van der Waals surface area contributed by atoms with Gasteiger partial charge < -0.3 is 9.47 Å². The summed E-state index contributed by atoms with van der Waals surface area (Å²) in [5.74, 6) is -0.398. The van der Waals surface area contributed by atoms with Crippen LogP contribution in [0.3, 0.4) is 0 Å². The van der Waals surface area contributed by atoms with Crippen molar-refractivity contribution >= 4 is 44.0 Å². The Labute approximate surface area is 211 Å². The SMILES string of the molecule is CCOc1ccc(C(=O)Oc2ccc(Br)cc2/C=N/NC(=O)CNS(=O)(=O)c2ccccc2)cc1. The highest BCUT2D eigenvalue weighted by Gasteiger charge is 2.15. The number of nitrogens with zero attached hydrogens (tertiary/aromatic N) is 1. The third-order valence-electron chi connectivity index (χ3n) is 4.44. The van der Waals surface area contributed by atoms with Gasteiger partial charge in [-0.25, -0.2) is 23.4 Å². The summed E-state index contributed by atoms with van der Waals surface area (Å²) >= 11 is 3.34. The molecule has 0 aliphatic carbocycles. The van der Waals surface area contributed by atoms with Crippen molar-refractivity contribution in [1.29, 1.82) is 0 Å². The Hall–Kier alpha value is -3.54. The number of hydrogen-bond acceptors (Lipinski definition) is 7. The lowest BCUT2D eigenvalue weighted by Gasteiger charge is -2.09. The molecule has 2 N–H and O–H groups in total. The van der Waals surface area contributed by atoms with Crippen molar-refractivity contribution in [1.82, 2.24) is 10.1 Å². The number of halogens is 1. The van der Waals surface area contributed by atoms with Crippen molar-refractivity contribution in [3.8, 4) is 11.5 Å². The topological polar surface area (TPSA) is 123 Å². The molecule has 0 aliphatic rings. The molecule has 0 atom stereocenters. The third kappa shape index (κ3) is 7.74. The van der Waals surface area contributed by atoms with E-state index in [1.807, 2.05) is 6.92 Å². The molecule has 0 heterocycles. The van der Waals surface area contributed by atoms with Gasteiger partial charge in [-0.3, -0.25) is 4.79 Å². The molecule has 0 radical (unpaired) electrons. The Morgan fingerprint density at radius 3 is 2.43 bits per heavy atom. The first kappa shape index (κ1) is 26.1. The van der Waals surface area contributed by atoms with Crippen LogP contribution in [-0.4, -0.2) is 39.7 Å². The maximum atomic E-state index is 12.5. The van der Waals surface area contributed by atoms with Crippen molar-refractivity contribution < 1.29 is 27.5 Å². The summed E-state index contributed by atoms with van der Waals surface area (Å²) in [7, 11) is -3.83. The van der Waals surface area contributed by atoms with E-state index in [4.69, 9.17) is 9.47 Å². The van der Waals surface area contributed by atoms with Crippen LogP contribution >= 0.6 is 15.9 Å². The fraction of sp³-hybridized carbons (Fsp3) is 0.125. The van der Waals surface area contributed by atoms with E-state index >= 15 is 0 Å². The number of sulfonamides is 1. The third-order valence-corrected chi connectivity index (χ3v) is 6.36. The van der Waals surface area contributed by atoms with Crippen LogP contribution in [0.2, 0.25) is 0 Å². The van der Waals surface area contributed by atoms with Crippen LogP contribution in [0, 0.1) is 0 Å². The lowest BCUT2D eigenvalue weighted by Crippen LogP contribution is -2.34. The molecule has 0 saturated carbocycles. The van der Waals surface area contributed by atoms with Gasteiger partial charge in [-0.05, 0) is 61.5 Å². The van der Waals surface area contributed by atoms with Crippen LogP contribution in [0.1, 0.15) is 22.8 Å². The Morgan fingerprint density at radius 2 is 1.74 bits per heavy atom. The molecule has 182 valence electrons. The Balaban J connectivity index is 1.61. The van der Waals surface area contributed by atoms with Gasteiger partial charge in [-0.1, -0.05) is 34.1 Å². The quantitative estimate of drug-likeness (QED) is 0.169. The van der Waals surface area contributed by atoms with Crippen molar-refractivity contribution in [2.75, 3.05) is 13.2 Å². The molecule has 1 amide bonds. The molecule has 35 heavy (non-hydrogen) atoms. The predicted molar refractivity (Wildman–Crippen MR) is 134 cm³/mol. The van der Waals surface area contributed by atoms with Crippen LogP contribution < -0.4 is 19.6 Å². The van der Waals surface area contributed by atoms with Gasteiger partial charge >= 0.3 is 5.97 Å². The molecule has 0 spiro atoms. The summed E-state index contributed by atoms with van der Waals surface area (Å²) in [5, 5.41) is 3.84. The average molecular weight is 560 g/mol. The number of hydrazone groups is 1. The molecule has 0 fully saturated rings. The number of benzene rings is 3. The highest BCUT2D eigenvalue weighted by molar-refractivity contribution is 9.10. The lowest BCUT2D eigenvalue weighted by molar-refractivity contribution is -0.119. The number of amides is 1. The second kappa shape index (κ2) is 12.2. The van der Waals surface area contributed by atoms with E-state index in [0.717, 1.165) is 0 Å². The monoisotopic (exact) mass is 559 g/mol. The molecule has 0 bridgehead atoms. The molecule has 11 heteroatoms. The van der Waals surface area contributed by atoms with Crippen molar-refractivity contribution in [2.24, 2.45) is 5.10 Å². The molecular formula is C24H22BrN3O6S. The van der Waals surface area contributed by atoms with Crippen LogP contribution in [0.25, 0.3) is 0 Å². The second-order valence-electron chi connectivity index (χ2n) is 6.96. The van der Waals surface area contributed by atoms with E-state index < -0.39 is 28.4 Å². The number of rotatable bonds is 10. The zero-order chi connectivity index (χ0) is 25.3. The zero-order valence-electron chi connectivity index (χ0n) is 18.6. The number of esters is 1. The average Bonchev–Trinajstić information content (AvgIpc) is 2.85. The van der Waals surface area contributed by atoms with Crippen LogP contribution in [-0.2, 0) is 14.8 Å². The van der Waals surface area contributed by atoms with E-state index in [2.05, 4.69) is 31.2 Å². The maximum absolute atomic E-state index is 12.5. The van der Waals surface area contributed by atoms with Gasteiger partial charge in [0.2, 0.25) is 10.0 Å². The van der Waals surface area contributed by atoms with E-state index in [-0.39, 0.29) is 10.6 Å². The van der Waals surface area contributed by atoms with Gasteiger partial charge in [-0.15, -0.1) is 0 Å². The van der Waals surface area contributed by atoms with Crippen molar-refractivity contribution in [3.05, 3.63) is 88.4 Å². The highest BCUT2D eigenvalue weighted by atomic mass is 79.9. The lowest BCUT2D eigenvalue weighted by atomic mass is 10.2. The van der Waals surface area contributed by atoms with E-state index in [0.29, 0.717) is 28.0 Å². The summed E-state index contributed by atoms with van der Waals surface area (Å²) in [6, 6.07) is 19.1. The first-order valence-electron chi connectivity index (χ1n) is 10.4. The smallest absolute Gasteiger partial charge is 0.343 e. The maximum Gasteiger partial charge on any atom is 0.343 e. The number of carbonyl (C=O) groups excluding carboxylic acids is 2. The molecule has 3 aromatic rings. The van der Waals surface area contributed by atoms with Crippen LogP contribution in [0.15, 0.2) is 87.3 Å². The molecule has 3 aromatic carbocycles. The standard InChI is InChI=1S/C24H22BrN3O6S/c1-2-33-20-11-8-17(9-12-20)24(30)34-22-13-10-19(25)14-18(22)15-26-28-23(29)16-27-35(31,32)21-6-4-3-5-7-21/h3-15,27H,2,16H2,1H3,(H,28,29)/b26-15+. The predicted octanol–water partition coefficient (Wildman–Crippen LogP) is 3.50. The van der Waals surface area contributed by atoms with Gasteiger partial charge in [0.1, 0.15) is 11.5 Å². The summed E-state index contributed by atoms with van der Waals surface area (Å²) in [5.41, 5.74) is 2.98. The van der Waals surface area contributed by atoms with Gasteiger partial charge in [-0.2, -0.15) is 5.10 Å². The largest absolute Gasteiger partial charge is 0.494 e. The molecule has 0 saturated heterocycles. The molecule has 0 aliphatic heterocycles. The van der Waals surface area contributed by atoms with Crippen LogP contribution in [0.5, 0.6) is 11.5 Å². The Morgan fingerprint density at radius 1 is 1.03 bits per heavy atom. The number of carbonyl (C=O) groups is 2. The Bertz CT molecular complexity index is 1310. The van der Waals surface area contributed by atoms with Gasteiger partial charge in [0.05, 0.1) is 29.8 Å². The fourth-order valence-electron chi connectivity index (χ4n) is 2.78.